The summed E-state index contributed by atoms with van der Waals surface area (Å²) in [5, 5.41) is 21.7. The van der Waals surface area contributed by atoms with Crippen LogP contribution in [0, 0.1) is 11.3 Å². The third kappa shape index (κ3) is 4.55. The van der Waals surface area contributed by atoms with Crippen LogP contribution in [0.4, 0.5) is 0 Å². The van der Waals surface area contributed by atoms with Crippen molar-refractivity contribution in [2.45, 2.75) is 23.9 Å². The van der Waals surface area contributed by atoms with E-state index in [2.05, 4.69) is 5.32 Å². The Morgan fingerprint density at radius 1 is 0.905 bits per heavy atom. The first-order valence-corrected chi connectivity index (χ1v) is 14.6. The maximum atomic E-state index is 13.5. The number of aliphatic carboxylic acids is 1. The molecule has 4 aromatic carbocycles. The van der Waals surface area contributed by atoms with Gasteiger partial charge >= 0.3 is 5.97 Å². The summed E-state index contributed by atoms with van der Waals surface area (Å²) in [6.07, 6.45) is 0.429. The van der Waals surface area contributed by atoms with Gasteiger partial charge in [0, 0.05) is 35.3 Å². The Labute approximate surface area is 241 Å². The highest BCUT2D eigenvalue weighted by Crippen LogP contribution is 2.39. The van der Waals surface area contributed by atoms with Gasteiger partial charge < -0.3 is 10.4 Å². The summed E-state index contributed by atoms with van der Waals surface area (Å²) in [5.74, 6) is -2.13. The number of fused-ring (bicyclic) bond motifs is 4. The maximum absolute atomic E-state index is 13.5. The number of rotatable bonds is 6. The van der Waals surface area contributed by atoms with Crippen molar-refractivity contribution < 1.29 is 27.9 Å². The summed E-state index contributed by atoms with van der Waals surface area (Å²) in [7, 11) is -3.86. The van der Waals surface area contributed by atoms with Gasteiger partial charge in [-0.3, -0.25) is 9.59 Å². The number of nitrogens with one attached hydrogen (secondary N) is 1. The predicted molar refractivity (Wildman–Crippen MR) is 152 cm³/mol. The molecular formula is C32H23N3O6S. The average molecular weight is 578 g/mol. The van der Waals surface area contributed by atoms with E-state index in [4.69, 9.17) is 5.26 Å². The van der Waals surface area contributed by atoms with Crippen LogP contribution in [0.25, 0.3) is 11.1 Å². The van der Waals surface area contributed by atoms with Crippen LogP contribution in [0.5, 0.6) is 0 Å². The number of amides is 1. The van der Waals surface area contributed by atoms with Crippen molar-refractivity contribution >= 4 is 27.7 Å². The van der Waals surface area contributed by atoms with Crippen LogP contribution in [0.1, 0.15) is 54.6 Å². The molecule has 2 N–H and O–H groups in total. The van der Waals surface area contributed by atoms with Crippen LogP contribution in [-0.4, -0.2) is 42.0 Å². The second kappa shape index (κ2) is 10.4. The summed E-state index contributed by atoms with van der Waals surface area (Å²) in [6, 6.07) is 23.0. The van der Waals surface area contributed by atoms with E-state index < -0.39 is 27.9 Å². The highest BCUT2D eigenvalue weighted by atomic mass is 32.2. The molecule has 2 aliphatic rings. The van der Waals surface area contributed by atoms with Gasteiger partial charge in [-0.2, -0.15) is 9.57 Å². The minimum absolute atomic E-state index is 0.0247. The van der Waals surface area contributed by atoms with Gasteiger partial charge in [0.15, 0.2) is 11.8 Å². The van der Waals surface area contributed by atoms with Gasteiger partial charge in [0.2, 0.25) is 10.0 Å². The van der Waals surface area contributed by atoms with Crippen molar-refractivity contribution in [1.82, 2.24) is 9.62 Å². The van der Waals surface area contributed by atoms with E-state index in [0.29, 0.717) is 39.8 Å². The van der Waals surface area contributed by atoms with Crippen molar-refractivity contribution in [2.75, 3.05) is 6.54 Å². The number of sulfonamides is 1. The van der Waals surface area contributed by atoms with Crippen molar-refractivity contribution in [3.63, 3.8) is 0 Å². The Kier molecular flexibility index (Phi) is 6.69. The quantitative estimate of drug-likeness (QED) is 0.309. The second-order valence-electron chi connectivity index (χ2n) is 10.1. The number of carboxylic acids is 1. The molecule has 0 aromatic heterocycles. The number of hydrogen-bond acceptors (Lipinski definition) is 6. The summed E-state index contributed by atoms with van der Waals surface area (Å²) >= 11 is 0. The van der Waals surface area contributed by atoms with Crippen LogP contribution in [0.15, 0.2) is 89.8 Å². The van der Waals surface area contributed by atoms with E-state index in [0.717, 1.165) is 5.56 Å². The maximum Gasteiger partial charge on any atom is 0.330 e. The first-order valence-electron chi connectivity index (χ1n) is 13.1. The van der Waals surface area contributed by atoms with Gasteiger partial charge in [-0.05, 0) is 59.0 Å². The van der Waals surface area contributed by atoms with Crippen LogP contribution in [0.3, 0.4) is 0 Å². The summed E-state index contributed by atoms with van der Waals surface area (Å²) in [6.45, 7) is 0.268. The zero-order valence-electron chi connectivity index (χ0n) is 22.1. The molecule has 0 bridgehead atoms. The van der Waals surface area contributed by atoms with E-state index in [1.165, 1.54) is 28.6 Å². The first-order chi connectivity index (χ1) is 20.2. The Balaban J connectivity index is 1.28. The number of nitrogens with zero attached hydrogens (tertiary/aromatic N) is 2. The molecule has 0 saturated heterocycles. The average Bonchev–Trinajstić information content (AvgIpc) is 3.31. The lowest BCUT2D eigenvalue weighted by Gasteiger charge is -2.29. The Morgan fingerprint density at radius 2 is 1.62 bits per heavy atom. The highest BCUT2D eigenvalue weighted by Gasteiger charge is 2.33. The Morgan fingerprint density at radius 3 is 2.33 bits per heavy atom. The topological polar surface area (TPSA) is 145 Å². The van der Waals surface area contributed by atoms with E-state index in [1.54, 1.807) is 60.7 Å². The third-order valence-corrected chi connectivity index (χ3v) is 9.54. The van der Waals surface area contributed by atoms with Gasteiger partial charge in [-0.15, -0.1) is 0 Å². The van der Waals surface area contributed by atoms with Crippen molar-refractivity contribution in [3.8, 4) is 17.2 Å². The van der Waals surface area contributed by atoms with Gasteiger partial charge in [-0.25, -0.2) is 13.2 Å². The van der Waals surface area contributed by atoms with Gasteiger partial charge in [0.05, 0.1) is 16.5 Å². The lowest BCUT2D eigenvalue weighted by molar-refractivity contribution is -0.139. The van der Waals surface area contributed by atoms with Crippen molar-refractivity contribution in [2.24, 2.45) is 0 Å². The van der Waals surface area contributed by atoms with Crippen LogP contribution in [-0.2, 0) is 27.8 Å². The number of carbonyl (C=O) groups excluding carboxylic acids is 2. The first kappa shape index (κ1) is 27.1. The zero-order valence-corrected chi connectivity index (χ0v) is 22.9. The number of hydrogen-bond donors (Lipinski definition) is 2. The molecule has 1 unspecified atom stereocenters. The van der Waals surface area contributed by atoms with E-state index in [-0.39, 0.29) is 34.9 Å². The summed E-state index contributed by atoms with van der Waals surface area (Å²) in [5.41, 5.74) is 4.30. The third-order valence-electron chi connectivity index (χ3n) is 7.68. The molecule has 1 aliphatic carbocycles. The van der Waals surface area contributed by atoms with E-state index in [1.807, 2.05) is 6.07 Å². The van der Waals surface area contributed by atoms with E-state index in [9.17, 15) is 27.9 Å². The molecule has 0 fully saturated rings. The lowest BCUT2D eigenvalue weighted by Crippen LogP contribution is -2.37. The second-order valence-corrected chi connectivity index (χ2v) is 12.0. The molecule has 4 aromatic rings. The number of carbonyl (C=O) groups is 3. The monoisotopic (exact) mass is 577 g/mol. The standard InChI is InChI=1S/C32H23N3O6S/c33-17-19-8-12-23(13-9-19)42(40,41)35-15-14-20-10-11-21(16-22(20)18-35)29(32(38)39)34-31(37)27-7-3-6-26-28(27)24-4-1-2-5-25(24)30(26)36/h1-13,16,29H,14-15,18H2,(H,34,37)(H,38,39). The Bertz CT molecular complexity index is 1940. The van der Waals surface area contributed by atoms with Gasteiger partial charge in [-0.1, -0.05) is 54.6 Å². The fraction of sp³-hybridized carbons (Fsp3) is 0.125. The molecule has 1 amide bonds. The fourth-order valence-electron chi connectivity index (χ4n) is 5.55. The van der Waals surface area contributed by atoms with Crippen LogP contribution < -0.4 is 5.32 Å². The smallest absolute Gasteiger partial charge is 0.330 e. The Hall–Kier alpha value is -5.11. The molecule has 0 radical (unpaired) electrons. The highest BCUT2D eigenvalue weighted by molar-refractivity contribution is 7.89. The van der Waals surface area contributed by atoms with Crippen molar-refractivity contribution in [3.05, 3.63) is 124 Å². The zero-order chi connectivity index (χ0) is 29.6. The normalized spacial score (nSPS) is 14.7. The molecule has 0 spiro atoms. The molecule has 1 aliphatic heterocycles. The minimum atomic E-state index is -3.86. The minimum Gasteiger partial charge on any atom is -0.479 e. The summed E-state index contributed by atoms with van der Waals surface area (Å²) in [4.78, 5) is 38.8. The number of nitriles is 1. The molecule has 1 atom stereocenters. The van der Waals surface area contributed by atoms with Gasteiger partial charge in [0.1, 0.15) is 0 Å². The fourth-order valence-corrected chi connectivity index (χ4v) is 6.97. The predicted octanol–water partition coefficient (Wildman–Crippen LogP) is 4.07. The molecule has 9 nitrogen and oxygen atoms in total. The molecule has 0 saturated carbocycles. The van der Waals surface area contributed by atoms with Crippen molar-refractivity contribution in [1.29, 1.82) is 5.26 Å². The number of carboxylic acid groups (broad SMARTS) is 1. The summed E-state index contributed by atoms with van der Waals surface area (Å²) < 4.78 is 27.9. The molecule has 6 rings (SSSR count). The number of benzene rings is 4. The van der Waals surface area contributed by atoms with Gasteiger partial charge in [0.25, 0.3) is 5.91 Å². The van der Waals surface area contributed by atoms with Crippen LogP contribution >= 0.6 is 0 Å². The molecule has 42 heavy (non-hydrogen) atoms. The molecule has 1 heterocycles. The largest absolute Gasteiger partial charge is 0.479 e. The molecular weight excluding hydrogens is 554 g/mol. The van der Waals surface area contributed by atoms with E-state index >= 15 is 0 Å². The lowest BCUT2D eigenvalue weighted by atomic mass is 9.95. The van der Waals surface area contributed by atoms with Crippen LogP contribution in [0.2, 0.25) is 0 Å². The molecule has 10 heteroatoms. The SMILES string of the molecule is N#Cc1ccc(S(=O)(=O)N2CCc3ccc(C(NC(=O)c4cccc5c4-c4ccccc4C5=O)C(=O)O)cc3C2)cc1. The number of ketones is 1. The molecule has 208 valence electrons.